The minimum Gasteiger partial charge on any atom is -0.341 e. The normalized spacial score (nSPS) is 25.7. The average Bonchev–Trinajstić information content (AvgIpc) is 3.06. The highest BCUT2D eigenvalue weighted by Gasteiger charge is 2.34. The zero-order chi connectivity index (χ0) is 16.2. The second-order valence-corrected chi connectivity index (χ2v) is 6.78. The lowest BCUT2D eigenvalue weighted by molar-refractivity contribution is -0.137. The van der Waals surface area contributed by atoms with Crippen molar-refractivity contribution in [3.8, 4) is 0 Å². The molecule has 1 aromatic carbocycles. The smallest absolute Gasteiger partial charge is 0.239 e. The molecular weight excluding hydrogens is 293 g/mol. The molecule has 1 aromatic rings. The van der Waals surface area contributed by atoms with Crippen molar-refractivity contribution in [3.05, 3.63) is 35.6 Å². The second-order valence-electron chi connectivity index (χ2n) is 6.78. The molecule has 0 spiro atoms. The Morgan fingerprint density at radius 1 is 1.17 bits per heavy atom. The Morgan fingerprint density at radius 2 is 1.96 bits per heavy atom. The van der Waals surface area contributed by atoms with Crippen molar-refractivity contribution in [2.45, 2.75) is 38.3 Å². The number of nitrogens with zero attached hydrogens (tertiary/aromatic N) is 2. The van der Waals surface area contributed by atoms with E-state index in [1.807, 2.05) is 17.0 Å². The van der Waals surface area contributed by atoms with Crippen molar-refractivity contribution >= 4 is 5.91 Å². The fourth-order valence-corrected chi connectivity index (χ4v) is 3.72. The number of carbonyl (C=O) groups is 1. The number of carbonyl (C=O) groups excluding carboxylic acids is 1. The number of nitrogens with two attached hydrogens (primary N) is 1. The lowest BCUT2D eigenvalue weighted by Crippen LogP contribution is -2.50. The molecule has 2 aliphatic rings. The van der Waals surface area contributed by atoms with Gasteiger partial charge in [-0.1, -0.05) is 18.6 Å². The maximum Gasteiger partial charge on any atom is 0.239 e. The summed E-state index contributed by atoms with van der Waals surface area (Å²) >= 11 is 0. The Kier molecular flexibility index (Phi) is 5.28. The summed E-state index contributed by atoms with van der Waals surface area (Å²) in [5.74, 6) is 0.487. The third-order valence-corrected chi connectivity index (χ3v) is 5.13. The molecule has 0 radical (unpaired) electrons. The van der Waals surface area contributed by atoms with E-state index in [9.17, 15) is 9.18 Å². The number of likely N-dealkylation sites (tertiary alicyclic amines) is 2. The van der Waals surface area contributed by atoms with Crippen molar-refractivity contribution in [1.29, 1.82) is 0 Å². The Balaban J connectivity index is 1.66. The molecule has 2 atom stereocenters. The fourth-order valence-electron chi connectivity index (χ4n) is 3.72. The Bertz CT molecular complexity index is 534. The Morgan fingerprint density at radius 3 is 2.65 bits per heavy atom. The van der Waals surface area contributed by atoms with E-state index in [2.05, 4.69) is 4.90 Å². The van der Waals surface area contributed by atoms with Crippen molar-refractivity contribution in [1.82, 2.24) is 9.80 Å². The minimum absolute atomic E-state index is 0.0367. The van der Waals surface area contributed by atoms with Crippen molar-refractivity contribution in [3.63, 3.8) is 0 Å². The van der Waals surface area contributed by atoms with E-state index in [4.69, 9.17) is 5.73 Å². The van der Waals surface area contributed by atoms with Crippen LogP contribution in [0.2, 0.25) is 0 Å². The minimum atomic E-state index is -0.218. The number of halogens is 1. The molecule has 2 heterocycles. The fraction of sp³-hybridized carbons (Fsp3) is 0.611. The first-order valence-corrected chi connectivity index (χ1v) is 8.64. The molecule has 5 heteroatoms. The van der Waals surface area contributed by atoms with E-state index in [1.165, 1.54) is 12.1 Å². The highest BCUT2D eigenvalue weighted by molar-refractivity contribution is 5.82. The van der Waals surface area contributed by atoms with Gasteiger partial charge in [-0.3, -0.25) is 9.69 Å². The summed E-state index contributed by atoms with van der Waals surface area (Å²) in [4.78, 5) is 17.2. The third-order valence-electron chi connectivity index (χ3n) is 5.13. The Hall–Kier alpha value is -1.46. The van der Waals surface area contributed by atoms with E-state index < -0.39 is 0 Å². The Labute approximate surface area is 137 Å². The molecule has 1 amide bonds. The van der Waals surface area contributed by atoms with Gasteiger partial charge in [-0.2, -0.15) is 0 Å². The van der Waals surface area contributed by atoms with Crippen LogP contribution in [0.25, 0.3) is 0 Å². The van der Waals surface area contributed by atoms with Gasteiger partial charge in [0.25, 0.3) is 0 Å². The van der Waals surface area contributed by atoms with Gasteiger partial charge in [0.15, 0.2) is 0 Å². The first-order valence-electron chi connectivity index (χ1n) is 8.64. The monoisotopic (exact) mass is 319 g/mol. The maximum absolute atomic E-state index is 13.1. The molecule has 2 fully saturated rings. The van der Waals surface area contributed by atoms with Gasteiger partial charge in [0.05, 0.1) is 6.04 Å². The van der Waals surface area contributed by atoms with Crippen LogP contribution < -0.4 is 5.73 Å². The lowest BCUT2D eigenvalue weighted by atomic mass is 10.00. The molecule has 2 saturated heterocycles. The molecule has 4 nitrogen and oxygen atoms in total. The van der Waals surface area contributed by atoms with Crippen LogP contribution in [0.5, 0.6) is 0 Å². The van der Waals surface area contributed by atoms with Gasteiger partial charge in [-0.25, -0.2) is 4.39 Å². The molecule has 3 rings (SSSR count). The number of piperidine rings is 1. The molecule has 23 heavy (non-hydrogen) atoms. The first-order chi connectivity index (χ1) is 11.2. The molecular formula is C18H26FN3O. The summed E-state index contributed by atoms with van der Waals surface area (Å²) in [7, 11) is 0. The SMILES string of the molecule is NC[C@H]1CCN(C(=O)[C@H]2CCCCN2Cc2ccc(F)cc2)C1. The number of benzene rings is 1. The summed E-state index contributed by atoms with van der Waals surface area (Å²) < 4.78 is 13.1. The zero-order valence-corrected chi connectivity index (χ0v) is 13.6. The maximum atomic E-state index is 13.1. The van der Waals surface area contributed by atoms with Gasteiger partial charge in [0.1, 0.15) is 5.82 Å². The highest BCUT2D eigenvalue weighted by atomic mass is 19.1. The average molecular weight is 319 g/mol. The van der Waals surface area contributed by atoms with Gasteiger partial charge in [0.2, 0.25) is 5.91 Å². The quantitative estimate of drug-likeness (QED) is 0.923. The van der Waals surface area contributed by atoms with Gasteiger partial charge >= 0.3 is 0 Å². The van der Waals surface area contributed by atoms with Crippen molar-refractivity contribution in [2.24, 2.45) is 11.7 Å². The van der Waals surface area contributed by atoms with Crippen LogP contribution in [0.3, 0.4) is 0 Å². The number of hydrogen-bond donors (Lipinski definition) is 1. The second kappa shape index (κ2) is 7.41. The molecule has 0 bridgehead atoms. The molecule has 2 aliphatic heterocycles. The van der Waals surface area contributed by atoms with Crippen LogP contribution in [0.15, 0.2) is 24.3 Å². The van der Waals surface area contributed by atoms with E-state index in [1.54, 1.807) is 0 Å². The molecule has 126 valence electrons. The molecule has 0 unspecified atom stereocenters. The van der Waals surface area contributed by atoms with Crippen molar-refractivity contribution in [2.75, 3.05) is 26.2 Å². The zero-order valence-electron chi connectivity index (χ0n) is 13.6. The summed E-state index contributed by atoms with van der Waals surface area (Å²) in [5, 5.41) is 0. The van der Waals surface area contributed by atoms with Gasteiger partial charge < -0.3 is 10.6 Å². The van der Waals surface area contributed by atoms with Gasteiger partial charge in [-0.05, 0) is 56.0 Å². The number of hydrogen-bond acceptors (Lipinski definition) is 3. The largest absolute Gasteiger partial charge is 0.341 e. The number of rotatable bonds is 4. The third kappa shape index (κ3) is 3.90. The van der Waals surface area contributed by atoms with Crippen LogP contribution in [-0.4, -0.2) is 47.9 Å². The summed E-state index contributed by atoms with van der Waals surface area (Å²) in [5.41, 5.74) is 6.80. The van der Waals surface area contributed by atoms with Crippen LogP contribution in [0, 0.1) is 11.7 Å². The van der Waals surface area contributed by atoms with Crippen LogP contribution in [0.1, 0.15) is 31.2 Å². The molecule has 2 N–H and O–H groups in total. The molecule has 0 aliphatic carbocycles. The summed E-state index contributed by atoms with van der Waals surface area (Å²) in [6.07, 6.45) is 4.16. The van der Waals surface area contributed by atoms with E-state index in [-0.39, 0.29) is 17.8 Å². The molecule has 0 saturated carbocycles. The predicted molar refractivity (Wildman–Crippen MR) is 88.2 cm³/mol. The lowest BCUT2D eigenvalue weighted by Gasteiger charge is -2.36. The topological polar surface area (TPSA) is 49.6 Å². The van der Waals surface area contributed by atoms with Gasteiger partial charge in [0, 0.05) is 19.6 Å². The first kappa shape index (κ1) is 16.4. The highest BCUT2D eigenvalue weighted by Crippen LogP contribution is 2.24. The van der Waals surface area contributed by atoms with Crippen molar-refractivity contribution < 1.29 is 9.18 Å². The van der Waals surface area contributed by atoms with Crippen LogP contribution in [0.4, 0.5) is 4.39 Å². The van der Waals surface area contributed by atoms with Crippen LogP contribution >= 0.6 is 0 Å². The molecule has 0 aromatic heterocycles. The van der Waals surface area contributed by atoms with E-state index in [0.717, 1.165) is 50.9 Å². The number of amides is 1. The standard InChI is InChI=1S/C18H26FN3O/c19-16-6-4-14(5-7-16)12-21-9-2-1-3-17(21)18(23)22-10-8-15(11-20)13-22/h4-7,15,17H,1-3,8-13,20H2/t15-,17-/m1/s1. The summed E-state index contributed by atoms with van der Waals surface area (Å²) in [6.45, 7) is 3.94. The summed E-state index contributed by atoms with van der Waals surface area (Å²) in [6, 6.07) is 6.56. The van der Waals surface area contributed by atoms with Crippen LogP contribution in [-0.2, 0) is 11.3 Å². The van der Waals surface area contributed by atoms with E-state index in [0.29, 0.717) is 19.0 Å². The van der Waals surface area contributed by atoms with E-state index >= 15 is 0 Å². The van der Waals surface area contributed by atoms with Gasteiger partial charge in [-0.15, -0.1) is 0 Å². The predicted octanol–water partition coefficient (Wildman–Crippen LogP) is 1.99.